The number of esters is 2. The molecular weight excluding hydrogens is 532 g/mol. The number of rotatable bonds is 17. The van der Waals surface area contributed by atoms with Crippen molar-refractivity contribution < 1.29 is 57.4 Å². The molecule has 40 heavy (non-hydrogen) atoms. The van der Waals surface area contributed by atoms with Crippen LogP contribution in [-0.4, -0.2) is 84.7 Å². The van der Waals surface area contributed by atoms with Gasteiger partial charge < -0.3 is 28.6 Å². The van der Waals surface area contributed by atoms with Crippen LogP contribution in [0, 0.1) is 0 Å². The maximum Gasteiger partial charge on any atom is 0.443 e. The lowest BCUT2D eigenvalue weighted by Gasteiger charge is -2.22. The molecule has 0 bridgehead atoms. The molecule has 0 rings (SSSR count). The number of nitrogens with zero attached hydrogens (tertiary/aromatic N) is 2. The number of unbranched alkanes of at least 4 members (excludes halogenated alkanes) is 3. The van der Waals surface area contributed by atoms with Crippen molar-refractivity contribution in [2.45, 2.75) is 51.7 Å². The summed E-state index contributed by atoms with van der Waals surface area (Å²) < 4.78 is 19.8. The lowest BCUT2D eigenvalue weighted by atomic mass is 10.2. The average Bonchev–Trinajstić information content (AvgIpc) is 2.94. The van der Waals surface area contributed by atoms with E-state index < -0.39 is 48.3 Å². The second-order valence-electron chi connectivity index (χ2n) is 7.90. The van der Waals surface area contributed by atoms with Gasteiger partial charge in [0.1, 0.15) is 25.4 Å². The van der Waals surface area contributed by atoms with Gasteiger partial charge in [-0.1, -0.05) is 39.2 Å². The fraction of sp³-hybridized carbons (Fsp3) is 0.462. The van der Waals surface area contributed by atoms with Crippen LogP contribution >= 0.6 is 0 Å². The number of hydroxylamine groups is 4. The van der Waals surface area contributed by atoms with Crippen molar-refractivity contribution in [3.05, 3.63) is 50.6 Å². The van der Waals surface area contributed by atoms with E-state index in [2.05, 4.69) is 26.3 Å². The summed E-state index contributed by atoms with van der Waals surface area (Å²) in [6, 6.07) is 0. The molecule has 0 aliphatic heterocycles. The van der Waals surface area contributed by atoms with Crippen LogP contribution < -0.4 is 0 Å². The van der Waals surface area contributed by atoms with Gasteiger partial charge in [-0.2, -0.15) is 0 Å². The van der Waals surface area contributed by atoms with Gasteiger partial charge in [0.05, 0.1) is 13.1 Å². The monoisotopic (exact) mass is 568 g/mol. The molecule has 0 spiro atoms. The van der Waals surface area contributed by atoms with E-state index in [9.17, 15) is 28.8 Å². The molecule has 0 aromatic heterocycles. The number of amides is 2. The second kappa shape index (κ2) is 20.4. The Labute approximate surface area is 232 Å². The Balaban J connectivity index is 4.76. The number of hydrogen-bond acceptors (Lipinski definition) is 12. The molecule has 0 saturated carbocycles. The highest BCUT2D eigenvalue weighted by molar-refractivity contribution is 5.83. The maximum absolute atomic E-state index is 12.3. The second-order valence-corrected chi connectivity index (χ2v) is 7.90. The Morgan fingerprint density at radius 3 is 1.20 bits per heavy atom. The SMILES string of the molecule is C=CC(=O)OC(C)COC(=O)N(CCCCCCN(OC(=O)C=C)C(=O)OCC(C)OC(=O)C=C)OC(=O)C=C. The summed E-state index contributed by atoms with van der Waals surface area (Å²) in [5.74, 6) is -3.13. The molecule has 14 heteroatoms. The van der Waals surface area contributed by atoms with Crippen LogP contribution in [0.1, 0.15) is 39.5 Å². The van der Waals surface area contributed by atoms with E-state index in [0.29, 0.717) is 35.8 Å². The first kappa shape index (κ1) is 35.4. The zero-order chi connectivity index (χ0) is 30.5. The van der Waals surface area contributed by atoms with Crippen LogP contribution in [0.5, 0.6) is 0 Å². The summed E-state index contributed by atoms with van der Waals surface area (Å²) in [7, 11) is 0. The lowest BCUT2D eigenvalue weighted by Crippen LogP contribution is -2.36. The molecule has 0 aliphatic rings. The standard InChI is InChI=1S/C26H36N2O12/c1-7-21(29)37-19(5)17-35-25(33)27(39-23(31)9-3)15-13-11-12-14-16-28(40-24(32)10-4)26(34)36-18-20(6)38-22(30)8-2/h7-10,19-20H,1-4,11-18H2,5-6H3. The molecular formula is C26H36N2O12. The summed E-state index contributed by atoms with van der Waals surface area (Å²) in [4.78, 5) is 80.1. The van der Waals surface area contributed by atoms with Crippen LogP contribution in [0.25, 0.3) is 0 Å². The van der Waals surface area contributed by atoms with Gasteiger partial charge in [0.2, 0.25) is 0 Å². The molecule has 0 aromatic carbocycles. The Morgan fingerprint density at radius 2 is 0.900 bits per heavy atom. The van der Waals surface area contributed by atoms with Crippen molar-refractivity contribution >= 4 is 36.1 Å². The van der Waals surface area contributed by atoms with E-state index in [0.717, 1.165) is 24.3 Å². The highest BCUT2D eigenvalue weighted by atomic mass is 16.8. The van der Waals surface area contributed by atoms with Gasteiger partial charge in [0.15, 0.2) is 0 Å². The summed E-state index contributed by atoms with van der Waals surface area (Å²) in [6.07, 6.45) is 1.94. The minimum atomic E-state index is -0.977. The minimum absolute atomic E-state index is 0.0300. The molecule has 0 radical (unpaired) electrons. The Morgan fingerprint density at radius 1 is 0.575 bits per heavy atom. The van der Waals surface area contributed by atoms with Gasteiger partial charge in [-0.25, -0.2) is 28.8 Å². The van der Waals surface area contributed by atoms with Gasteiger partial charge in [-0.3, -0.25) is 0 Å². The molecule has 14 nitrogen and oxygen atoms in total. The summed E-state index contributed by atoms with van der Waals surface area (Å²) in [6.45, 7) is 15.5. The predicted molar refractivity (Wildman–Crippen MR) is 139 cm³/mol. The molecule has 0 fully saturated rings. The van der Waals surface area contributed by atoms with Crippen LogP contribution in [0.4, 0.5) is 9.59 Å². The van der Waals surface area contributed by atoms with Crippen LogP contribution in [-0.2, 0) is 47.8 Å². The first-order chi connectivity index (χ1) is 19.0. The van der Waals surface area contributed by atoms with Crippen molar-refractivity contribution in [1.82, 2.24) is 10.1 Å². The lowest BCUT2D eigenvalue weighted by molar-refractivity contribution is -0.177. The molecule has 2 unspecified atom stereocenters. The number of carbonyl (C=O) groups excluding carboxylic acids is 6. The third-order valence-corrected chi connectivity index (χ3v) is 4.46. The van der Waals surface area contributed by atoms with Crippen molar-refractivity contribution in [3.8, 4) is 0 Å². The van der Waals surface area contributed by atoms with Gasteiger partial charge in [0.25, 0.3) is 0 Å². The topological polar surface area (TPSA) is 164 Å². The van der Waals surface area contributed by atoms with Gasteiger partial charge >= 0.3 is 36.1 Å². The summed E-state index contributed by atoms with van der Waals surface area (Å²) >= 11 is 0. The number of hydrogen-bond donors (Lipinski definition) is 0. The van der Waals surface area contributed by atoms with Crippen LogP contribution in [0.2, 0.25) is 0 Å². The third-order valence-electron chi connectivity index (χ3n) is 4.46. The Bertz CT molecular complexity index is 859. The van der Waals surface area contributed by atoms with E-state index in [-0.39, 0.29) is 26.3 Å². The average molecular weight is 569 g/mol. The van der Waals surface area contributed by atoms with Crippen molar-refractivity contribution in [2.75, 3.05) is 26.3 Å². The van der Waals surface area contributed by atoms with E-state index >= 15 is 0 Å². The molecule has 0 aromatic rings. The number of ether oxygens (including phenoxy) is 4. The zero-order valence-electron chi connectivity index (χ0n) is 22.7. The van der Waals surface area contributed by atoms with Crippen molar-refractivity contribution in [2.24, 2.45) is 0 Å². The Kier molecular flexibility index (Phi) is 18.0. The quantitative estimate of drug-likeness (QED) is 0.0829. The van der Waals surface area contributed by atoms with Gasteiger partial charge in [-0.05, 0) is 26.7 Å². The fourth-order valence-corrected chi connectivity index (χ4v) is 2.59. The smallest absolute Gasteiger partial charge is 0.443 e. The maximum atomic E-state index is 12.3. The summed E-state index contributed by atoms with van der Waals surface area (Å²) in [5, 5.41) is 1.42. The van der Waals surface area contributed by atoms with E-state index in [4.69, 9.17) is 28.6 Å². The fourth-order valence-electron chi connectivity index (χ4n) is 2.59. The highest BCUT2D eigenvalue weighted by Gasteiger charge is 2.22. The first-order valence-electron chi connectivity index (χ1n) is 12.2. The summed E-state index contributed by atoms with van der Waals surface area (Å²) in [5.41, 5.74) is 0. The molecule has 0 saturated heterocycles. The predicted octanol–water partition coefficient (Wildman–Crippen LogP) is 2.95. The highest BCUT2D eigenvalue weighted by Crippen LogP contribution is 2.09. The minimum Gasteiger partial charge on any atom is -0.456 e. The van der Waals surface area contributed by atoms with Crippen LogP contribution in [0.3, 0.4) is 0 Å². The molecule has 222 valence electrons. The molecule has 0 heterocycles. The largest absolute Gasteiger partial charge is 0.456 e. The number of carbonyl (C=O) groups is 6. The van der Waals surface area contributed by atoms with Crippen molar-refractivity contribution in [1.29, 1.82) is 0 Å². The zero-order valence-corrected chi connectivity index (χ0v) is 22.7. The Hall–Kier alpha value is -4.62. The normalized spacial score (nSPS) is 11.3. The third kappa shape index (κ3) is 16.3. The van der Waals surface area contributed by atoms with E-state index in [1.165, 1.54) is 13.8 Å². The molecule has 0 aliphatic carbocycles. The van der Waals surface area contributed by atoms with Crippen LogP contribution in [0.15, 0.2) is 50.6 Å². The van der Waals surface area contributed by atoms with E-state index in [1.54, 1.807) is 0 Å². The van der Waals surface area contributed by atoms with Gasteiger partial charge in [-0.15, -0.1) is 10.1 Å². The van der Waals surface area contributed by atoms with Gasteiger partial charge in [0, 0.05) is 24.3 Å². The first-order valence-corrected chi connectivity index (χ1v) is 12.2. The molecule has 2 amide bonds. The molecule has 0 N–H and O–H groups in total. The van der Waals surface area contributed by atoms with E-state index in [1.807, 2.05) is 0 Å². The van der Waals surface area contributed by atoms with Crippen molar-refractivity contribution in [3.63, 3.8) is 0 Å². The molecule has 2 atom stereocenters.